The largest absolute Gasteiger partial charge is 0.506 e. The Bertz CT molecular complexity index is 862. The molecule has 1 saturated carbocycles. The quantitative estimate of drug-likeness (QED) is 0.810. The molecule has 0 bridgehead atoms. The number of aromatic hydroxyl groups is 1. The van der Waals surface area contributed by atoms with E-state index in [1.807, 2.05) is 17.0 Å². The van der Waals surface area contributed by atoms with Gasteiger partial charge in [0.25, 0.3) is 0 Å². The number of hydrogen-bond acceptors (Lipinski definition) is 3. The maximum atomic E-state index is 12.0. The van der Waals surface area contributed by atoms with Crippen molar-refractivity contribution in [2.45, 2.75) is 51.1 Å². The zero-order valence-electron chi connectivity index (χ0n) is 16.2. The SMILES string of the molecule is CC(=O)N(Cc1ccc([C@H]2CNCCc3cc(Cl)c(O)cc32)cc1)C1CCC1. The van der Waals surface area contributed by atoms with Crippen molar-refractivity contribution >= 4 is 17.5 Å². The molecule has 1 heterocycles. The minimum atomic E-state index is 0.140. The van der Waals surface area contributed by atoms with Gasteiger partial charge in [-0.1, -0.05) is 35.9 Å². The lowest BCUT2D eigenvalue weighted by molar-refractivity contribution is -0.133. The first kappa shape index (κ1) is 19.3. The standard InChI is InChI=1S/C23H27ClN2O2/c1-15(27)26(19-3-2-4-19)14-16-5-7-17(8-6-16)21-13-25-10-9-18-11-22(24)23(28)12-20(18)21/h5-8,11-12,19,21,25,28H,2-4,9-10,13-14H2,1H3/t21-/m1/s1. The summed E-state index contributed by atoms with van der Waals surface area (Å²) in [4.78, 5) is 14.0. The van der Waals surface area contributed by atoms with Gasteiger partial charge in [0, 0.05) is 32.0 Å². The molecule has 0 unspecified atom stereocenters. The summed E-state index contributed by atoms with van der Waals surface area (Å²) in [7, 11) is 0. The second-order valence-electron chi connectivity index (χ2n) is 7.98. The third-order valence-electron chi connectivity index (χ3n) is 6.16. The number of nitrogens with zero attached hydrogens (tertiary/aromatic N) is 1. The van der Waals surface area contributed by atoms with Crippen molar-refractivity contribution in [1.29, 1.82) is 0 Å². The van der Waals surface area contributed by atoms with Crippen LogP contribution >= 0.6 is 11.6 Å². The Kier molecular flexibility index (Phi) is 5.61. The van der Waals surface area contributed by atoms with E-state index >= 15 is 0 Å². The minimum absolute atomic E-state index is 0.140. The Hall–Kier alpha value is -2.04. The monoisotopic (exact) mass is 398 g/mol. The summed E-state index contributed by atoms with van der Waals surface area (Å²) < 4.78 is 0. The van der Waals surface area contributed by atoms with Gasteiger partial charge in [-0.25, -0.2) is 0 Å². The highest BCUT2D eigenvalue weighted by Crippen LogP contribution is 2.35. The van der Waals surface area contributed by atoms with Crippen molar-refractivity contribution in [3.8, 4) is 5.75 Å². The van der Waals surface area contributed by atoms with Crippen LogP contribution in [0.4, 0.5) is 0 Å². The van der Waals surface area contributed by atoms with Crippen LogP contribution in [0.1, 0.15) is 54.4 Å². The molecule has 148 valence electrons. The third-order valence-corrected chi connectivity index (χ3v) is 6.46. The highest BCUT2D eigenvalue weighted by molar-refractivity contribution is 6.32. The number of phenols is 1. The maximum absolute atomic E-state index is 12.0. The summed E-state index contributed by atoms with van der Waals surface area (Å²) in [6, 6.07) is 12.7. The highest BCUT2D eigenvalue weighted by Gasteiger charge is 2.27. The lowest BCUT2D eigenvalue weighted by atomic mass is 9.87. The number of nitrogens with one attached hydrogen (secondary N) is 1. The average Bonchev–Trinajstić information content (AvgIpc) is 2.83. The summed E-state index contributed by atoms with van der Waals surface area (Å²) in [5.41, 5.74) is 4.69. The van der Waals surface area contributed by atoms with Crippen LogP contribution in [0, 0.1) is 0 Å². The van der Waals surface area contributed by atoms with E-state index in [4.69, 9.17) is 11.6 Å². The molecule has 28 heavy (non-hydrogen) atoms. The van der Waals surface area contributed by atoms with Crippen LogP contribution in [0.25, 0.3) is 0 Å². The van der Waals surface area contributed by atoms with Crippen molar-refractivity contribution in [3.05, 3.63) is 63.7 Å². The van der Waals surface area contributed by atoms with Gasteiger partial charge in [0.05, 0.1) is 5.02 Å². The van der Waals surface area contributed by atoms with Crippen LogP contribution in [-0.4, -0.2) is 35.0 Å². The fourth-order valence-corrected chi connectivity index (χ4v) is 4.47. The molecule has 2 aliphatic rings. The van der Waals surface area contributed by atoms with Gasteiger partial charge >= 0.3 is 0 Å². The second-order valence-corrected chi connectivity index (χ2v) is 8.39. The topological polar surface area (TPSA) is 52.6 Å². The summed E-state index contributed by atoms with van der Waals surface area (Å²) in [6.07, 6.45) is 4.36. The van der Waals surface area contributed by atoms with Crippen LogP contribution in [0.15, 0.2) is 36.4 Å². The molecule has 4 rings (SSSR count). The molecule has 2 N–H and O–H groups in total. The van der Waals surface area contributed by atoms with E-state index in [-0.39, 0.29) is 17.6 Å². The van der Waals surface area contributed by atoms with Crippen molar-refractivity contribution in [2.75, 3.05) is 13.1 Å². The van der Waals surface area contributed by atoms with Gasteiger partial charge in [-0.3, -0.25) is 4.79 Å². The van der Waals surface area contributed by atoms with Crippen molar-refractivity contribution in [2.24, 2.45) is 0 Å². The molecule has 4 nitrogen and oxygen atoms in total. The Labute approximate surface area is 171 Å². The summed E-state index contributed by atoms with van der Waals surface area (Å²) in [6.45, 7) is 4.07. The molecule has 2 aromatic rings. The number of phenolic OH excluding ortho intramolecular Hbond substituents is 1. The van der Waals surface area contributed by atoms with Gasteiger partial charge in [0.1, 0.15) is 5.75 Å². The zero-order chi connectivity index (χ0) is 19.7. The number of carbonyl (C=O) groups excluding carboxylic acids is 1. The van der Waals surface area contributed by atoms with Gasteiger partial charge in [0.2, 0.25) is 5.91 Å². The van der Waals surface area contributed by atoms with Crippen molar-refractivity contribution in [3.63, 3.8) is 0 Å². The number of amides is 1. The Morgan fingerprint density at radius 1 is 1.25 bits per heavy atom. The van der Waals surface area contributed by atoms with Gasteiger partial charge in [-0.05, 0) is 66.6 Å². The van der Waals surface area contributed by atoms with Gasteiger partial charge < -0.3 is 15.3 Å². The molecule has 0 radical (unpaired) electrons. The first-order chi connectivity index (χ1) is 13.5. The number of hydrogen-bond donors (Lipinski definition) is 2. The first-order valence-corrected chi connectivity index (χ1v) is 10.5. The number of benzene rings is 2. The lowest BCUT2D eigenvalue weighted by Crippen LogP contribution is -2.42. The summed E-state index contributed by atoms with van der Waals surface area (Å²) in [5, 5.41) is 14.0. The molecule has 1 aliphatic carbocycles. The number of carbonyl (C=O) groups is 1. The molecule has 1 fully saturated rings. The Balaban J connectivity index is 1.57. The summed E-state index contributed by atoms with van der Waals surface area (Å²) >= 11 is 6.13. The molecule has 1 atom stereocenters. The zero-order valence-corrected chi connectivity index (χ0v) is 17.0. The molecule has 5 heteroatoms. The molecular weight excluding hydrogens is 372 g/mol. The molecule has 0 spiro atoms. The molecule has 2 aromatic carbocycles. The van der Waals surface area contributed by atoms with Gasteiger partial charge in [-0.15, -0.1) is 0 Å². The fourth-order valence-electron chi connectivity index (χ4n) is 4.28. The van der Waals surface area contributed by atoms with E-state index in [1.165, 1.54) is 17.5 Å². The van der Waals surface area contributed by atoms with E-state index in [0.717, 1.165) is 43.5 Å². The average molecular weight is 399 g/mol. The Morgan fingerprint density at radius 2 is 2.00 bits per heavy atom. The third kappa shape index (κ3) is 3.89. The minimum Gasteiger partial charge on any atom is -0.506 e. The normalized spacial score (nSPS) is 19.4. The van der Waals surface area contributed by atoms with E-state index in [0.29, 0.717) is 17.6 Å². The molecule has 0 saturated heterocycles. The van der Waals surface area contributed by atoms with E-state index in [2.05, 4.69) is 29.6 Å². The molecule has 1 aliphatic heterocycles. The van der Waals surface area contributed by atoms with Crippen LogP contribution in [0.3, 0.4) is 0 Å². The van der Waals surface area contributed by atoms with Crippen LogP contribution in [-0.2, 0) is 17.8 Å². The summed E-state index contributed by atoms with van der Waals surface area (Å²) in [5.74, 6) is 0.467. The predicted octanol–water partition coefficient (Wildman–Crippen LogP) is 4.22. The molecule has 1 amide bonds. The second kappa shape index (κ2) is 8.14. The number of rotatable bonds is 4. The lowest BCUT2D eigenvalue weighted by Gasteiger charge is -2.37. The smallest absolute Gasteiger partial charge is 0.219 e. The molecule has 0 aromatic heterocycles. The van der Waals surface area contributed by atoms with E-state index < -0.39 is 0 Å². The van der Waals surface area contributed by atoms with E-state index in [1.54, 1.807) is 6.92 Å². The number of halogens is 1. The maximum Gasteiger partial charge on any atom is 0.219 e. The van der Waals surface area contributed by atoms with Crippen LogP contribution in [0.5, 0.6) is 5.75 Å². The Morgan fingerprint density at radius 3 is 2.64 bits per heavy atom. The van der Waals surface area contributed by atoms with E-state index in [9.17, 15) is 9.90 Å². The van der Waals surface area contributed by atoms with Crippen molar-refractivity contribution < 1.29 is 9.90 Å². The number of fused-ring (bicyclic) bond motifs is 1. The highest BCUT2D eigenvalue weighted by atomic mass is 35.5. The van der Waals surface area contributed by atoms with Gasteiger partial charge in [0.15, 0.2) is 0 Å². The molecular formula is C23H27ClN2O2. The first-order valence-electron chi connectivity index (χ1n) is 10.1. The van der Waals surface area contributed by atoms with Gasteiger partial charge in [-0.2, -0.15) is 0 Å². The van der Waals surface area contributed by atoms with Crippen LogP contribution in [0.2, 0.25) is 5.02 Å². The fraction of sp³-hybridized carbons (Fsp3) is 0.435. The van der Waals surface area contributed by atoms with Crippen molar-refractivity contribution in [1.82, 2.24) is 10.2 Å². The van der Waals surface area contributed by atoms with Crippen LogP contribution < -0.4 is 5.32 Å². The predicted molar refractivity (Wildman–Crippen MR) is 112 cm³/mol.